The van der Waals surface area contributed by atoms with Gasteiger partial charge in [0.2, 0.25) is 0 Å². The van der Waals surface area contributed by atoms with E-state index in [1.54, 1.807) is 0 Å². The fraction of sp³-hybridized carbons (Fsp3) is 0.350. The minimum absolute atomic E-state index is 0. The first kappa shape index (κ1) is 22.8. The highest BCUT2D eigenvalue weighted by atomic mass is 35.5. The maximum absolute atomic E-state index is 12.6. The number of imidazole rings is 1. The zero-order chi connectivity index (χ0) is 21.3. The van der Waals surface area contributed by atoms with E-state index < -0.39 is 17.8 Å². The molecule has 31 heavy (non-hydrogen) atoms. The van der Waals surface area contributed by atoms with Crippen LogP contribution in [0, 0.1) is 0 Å². The Bertz CT molecular complexity index is 1010. The average molecular weight is 455 g/mol. The van der Waals surface area contributed by atoms with E-state index in [1.807, 2.05) is 31.3 Å². The summed E-state index contributed by atoms with van der Waals surface area (Å²) in [4.78, 5) is 26.2. The molecule has 3 heterocycles. The van der Waals surface area contributed by atoms with Gasteiger partial charge in [-0.25, -0.2) is 14.8 Å². The van der Waals surface area contributed by atoms with E-state index in [0.717, 1.165) is 42.0 Å². The second kappa shape index (κ2) is 9.11. The smallest absolute Gasteiger partial charge is 0.341 e. The Morgan fingerprint density at radius 2 is 2.00 bits per heavy atom. The number of aromatic amines is 1. The van der Waals surface area contributed by atoms with Gasteiger partial charge >= 0.3 is 12.2 Å². The molecule has 0 saturated carbocycles. The van der Waals surface area contributed by atoms with Gasteiger partial charge in [0, 0.05) is 18.8 Å². The molecule has 7 nitrogen and oxygen atoms in total. The molecule has 0 bridgehead atoms. The lowest BCUT2D eigenvalue weighted by molar-refractivity contribution is -0.137. The molecule has 0 spiro atoms. The largest absolute Gasteiger partial charge is 0.417 e. The molecule has 3 N–H and O–H groups in total. The van der Waals surface area contributed by atoms with Gasteiger partial charge in [0.05, 0.1) is 22.6 Å². The number of urea groups is 1. The number of carbonyl (C=O) groups excluding carboxylic acids is 1. The number of alkyl halides is 3. The summed E-state index contributed by atoms with van der Waals surface area (Å²) in [6.45, 7) is 0.769. The predicted molar refractivity (Wildman–Crippen MR) is 113 cm³/mol. The maximum atomic E-state index is 12.6. The molecule has 1 aliphatic rings. The number of fused-ring (bicyclic) bond motifs is 1. The van der Waals surface area contributed by atoms with E-state index in [0.29, 0.717) is 12.6 Å². The van der Waals surface area contributed by atoms with Crippen LogP contribution in [0.1, 0.15) is 30.3 Å². The zero-order valence-corrected chi connectivity index (χ0v) is 17.4. The maximum Gasteiger partial charge on any atom is 0.417 e. The van der Waals surface area contributed by atoms with Crippen molar-refractivity contribution in [3.63, 3.8) is 0 Å². The lowest BCUT2D eigenvalue weighted by atomic mass is 9.97. The molecule has 1 aromatic carbocycles. The Labute approximate surface area is 182 Å². The second-order valence-corrected chi connectivity index (χ2v) is 7.39. The molecule has 0 unspecified atom stereocenters. The lowest BCUT2D eigenvalue weighted by Gasteiger charge is -2.36. The Balaban J connectivity index is 0.00000272. The highest BCUT2D eigenvalue weighted by Crippen LogP contribution is 2.30. The number of likely N-dealkylation sites (tertiary alicyclic amines) is 1. The molecular weight excluding hydrogens is 433 g/mol. The number of pyridine rings is 1. The van der Waals surface area contributed by atoms with Crippen molar-refractivity contribution in [2.45, 2.75) is 31.1 Å². The number of halogens is 4. The van der Waals surface area contributed by atoms with Crippen molar-refractivity contribution in [2.24, 2.45) is 0 Å². The first-order chi connectivity index (χ1) is 14.3. The van der Waals surface area contributed by atoms with Crippen molar-refractivity contribution in [3.05, 3.63) is 54.0 Å². The molecule has 11 heteroatoms. The highest BCUT2D eigenvalue weighted by Gasteiger charge is 2.31. The van der Waals surface area contributed by atoms with Gasteiger partial charge in [-0.1, -0.05) is 12.1 Å². The number of hydrogen-bond donors (Lipinski definition) is 3. The fourth-order valence-electron chi connectivity index (χ4n) is 3.64. The minimum Gasteiger partial charge on any atom is -0.341 e. The monoisotopic (exact) mass is 454 g/mol. The van der Waals surface area contributed by atoms with Crippen LogP contribution in [0.2, 0.25) is 0 Å². The average Bonchev–Trinajstić information content (AvgIpc) is 3.13. The SMILES string of the molecule is CN1CC[C@@H](NC(=O)Nc2ccc(C(F)(F)F)cn2)C[C@@H]1c1nc2ccccc2[nH]1.Cl. The van der Waals surface area contributed by atoms with Crippen LogP contribution in [0.25, 0.3) is 11.0 Å². The molecular formula is C20H22ClF3N6O. The highest BCUT2D eigenvalue weighted by molar-refractivity contribution is 5.88. The fourth-order valence-corrected chi connectivity index (χ4v) is 3.64. The Kier molecular flexibility index (Phi) is 6.71. The lowest BCUT2D eigenvalue weighted by Crippen LogP contribution is -2.46. The Morgan fingerprint density at radius 3 is 2.68 bits per heavy atom. The number of aromatic nitrogens is 3. The van der Waals surface area contributed by atoms with Crippen molar-refractivity contribution < 1.29 is 18.0 Å². The molecule has 1 aliphatic heterocycles. The summed E-state index contributed by atoms with van der Waals surface area (Å²) in [6.07, 6.45) is -2.36. The van der Waals surface area contributed by atoms with Crippen LogP contribution in [0.5, 0.6) is 0 Å². The second-order valence-electron chi connectivity index (χ2n) is 7.39. The van der Waals surface area contributed by atoms with E-state index in [-0.39, 0.29) is 30.3 Å². The van der Waals surface area contributed by atoms with Crippen molar-refractivity contribution in [3.8, 4) is 0 Å². The summed E-state index contributed by atoms with van der Waals surface area (Å²) < 4.78 is 37.8. The van der Waals surface area contributed by atoms with E-state index in [1.165, 1.54) is 0 Å². The van der Waals surface area contributed by atoms with Crippen LogP contribution >= 0.6 is 12.4 Å². The number of nitrogens with one attached hydrogen (secondary N) is 3. The molecule has 0 aliphatic carbocycles. The van der Waals surface area contributed by atoms with Crippen LogP contribution in [0.15, 0.2) is 42.6 Å². The number of hydrogen-bond acceptors (Lipinski definition) is 4. The van der Waals surface area contributed by atoms with Gasteiger partial charge in [-0.05, 0) is 44.2 Å². The van der Waals surface area contributed by atoms with Crippen LogP contribution in [0.3, 0.4) is 0 Å². The van der Waals surface area contributed by atoms with Crippen LogP contribution in [-0.4, -0.2) is 45.5 Å². The molecule has 2 aromatic heterocycles. The standard InChI is InChI=1S/C20H21F3N6O.ClH/c1-29-9-8-13(10-16(29)18-26-14-4-2-3-5-15(14)27-18)25-19(30)28-17-7-6-12(11-24-17)20(21,22)23;/h2-7,11,13,16H,8-10H2,1H3,(H,26,27)(H2,24,25,28,30);1H/t13-,16-;/m1./s1. The number of rotatable bonds is 3. The minimum atomic E-state index is -4.46. The topological polar surface area (TPSA) is 85.9 Å². The van der Waals surface area contributed by atoms with Gasteiger partial charge in [-0.3, -0.25) is 10.2 Å². The summed E-state index contributed by atoms with van der Waals surface area (Å²) >= 11 is 0. The summed E-state index contributed by atoms with van der Waals surface area (Å²) in [5, 5.41) is 5.38. The molecule has 4 rings (SSSR count). The van der Waals surface area contributed by atoms with Crippen molar-refractivity contribution in [2.75, 3.05) is 18.9 Å². The van der Waals surface area contributed by atoms with Crippen molar-refractivity contribution in [1.82, 2.24) is 25.2 Å². The summed E-state index contributed by atoms with van der Waals surface area (Å²) in [7, 11) is 2.01. The van der Waals surface area contributed by atoms with E-state index >= 15 is 0 Å². The van der Waals surface area contributed by atoms with Gasteiger partial charge in [0.15, 0.2) is 0 Å². The van der Waals surface area contributed by atoms with E-state index in [4.69, 9.17) is 0 Å². The number of carbonyl (C=O) groups is 1. The molecule has 2 amide bonds. The van der Waals surface area contributed by atoms with Crippen LogP contribution in [-0.2, 0) is 6.18 Å². The molecule has 0 radical (unpaired) electrons. The normalized spacial score (nSPS) is 19.6. The number of benzene rings is 1. The molecule has 1 fully saturated rings. The van der Waals surface area contributed by atoms with E-state index in [9.17, 15) is 18.0 Å². The molecule has 2 atom stereocenters. The van der Waals surface area contributed by atoms with Gasteiger partial charge in [-0.15, -0.1) is 12.4 Å². The van der Waals surface area contributed by atoms with Gasteiger partial charge in [0.25, 0.3) is 0 Å². The number of piperidine rings is 1. The van der Waals surface area contributed by atoms with Crippen LogP contribution in [0.4, 0.5) is 23.8 Å². The van der Waals surface area contributed by atoms with Crippen molar-refractivity contribution >= 4 is 35.3 Å². The molecule has 166 valence electrons. The third kappa shape index (κ3) is 5.26. The number of amides is 2. The third-order valence-corrected chi connectivity index (χ3v) is 5.26. The van der Waals surface area contributed by atoms with Gasteiger partial charge in [-0.2, -0.15) is 13.2 Å². The number of nitrogens with zero attached hydrogens (tertiary/aromatic N) is 3. The first-order valence-corrected chi connectivity index (χ1v) is 9.55. The van der Waals surface area contributed by atoms with Gasteiger partial charge < -0.3 is 10.3 Å². The van der Waals surface area contributed by atoms with E-state index in [2.05, 4.69) is 30.5 Å². The molecule has 3 aromatic rings. The third-order valence-electron chi connectivity index (χ3n) is 5.26. The summed E-state index contributed by atoms with van der Waals surface area (Å²) in [6, 6.07) is 9.22. The number of para-hydroxylation sites is 2. The summed E-state index contributed by atoms with van der Waals surface area (Å²) in [5.74, 6) is 0.900. The quantitative estimate of drug-likeness (QED) is 0.549. The number of anilines is 1. The van der Waals surface area contributed by atoms with Crippen LogP contribution < -0.4 is 10.6 Å². The van der Waals surface area contributed by atoms with Gasteiger partial charge in [0.1, 0.15) is 11.6 Å². The Morgan fingerprint density at radius 1 is 1.23 bits per heavy atom. The summed E-state index contributed by atoms with van der Waals surface area (Å²) in [5.41, 5.74) is 0.988. The zero-order valence-electron chi connectivity index (χ0n) is 16.6. The Hall–Kier alpha value is -2.85. The predicted octanol–water partition coefficient (Wildman–Crippen LogP) is 4.36. The molecule has 1 saturated heterocycles. The van der Waals surface area contributed by atoms with Crippen molar-refractivity contribution in [1.29, 1.82) is 0 Å². The first-order valence-electron chi connectivity index (χ1n) is 9.55. The number of H-pyrrole nitrogens is 1.